The maximum absolute atomic E-state index is 11.3. The predicted octanol–water partition coefficient (Wildman–Crippen LogP) is 3.37. The standard InChI is InChI=1S/C14H13N3O3S/c1-3-19-14(18)20-13-15-7-11-12(17-13)9-6-8(21-2)4-5-10(9)16-11/h4-7,16H,3H2,1-2H3. The molecule has 0 amide bonds. The van der Waals surface area contributed by atoms with Crippen molar-refractivity contribution in [3.8, 4) is 6.01 Å². The Kier molecular flexibility index (Phi) is 3.66. The first-order valence-corrected chi connectivity index (χ1v) is 7.61. The Morgan fingerprint density at radius 2 is 2.24 bits per heavy atom. The van der Waals surface area contributed by atoms with Crippen molar-refractivity contribution in [1.82, 2.24) is 15.0 Å². The van der Waals surface area contributed by atoms with Crippen LogP contribution in [0.15, 0.2) is 29.3 Å². The highest BCUT2D eigenvalue weighted by atomic mass is 32.2. The summed E-state index contributed by atoms with van der Waals surface area (Å²) in [4.78, 5) is 24.0. The van der Waals surface area contributed by atoms with Crippen LogP contribution in [-0.4, -0.2) is 34.0 Å². The lowest BCUT2D eigenvalue weighted by Gasteiger charge is -2.01. The van der Waals surface area contributed by atoms with Crippen molar-refractivity contribution in [2.75, 3.05) is 12.9 Å². The van der Waals surface area contributed by atoms with E-state index in [0.717, 1.165) is 26.8 Å². The molecular weight excluding hydrogens is 290 g/mol. The summed E-state index contributed by atoms with van der Waals surface area (Å²) in [5, 5.41) is 0.966. The molecule has 0 fully saturated rings. The largest absolute Gasteiger partial charge is 0.516 e. The Morgan fingerprint density at radius 3 is 3.00 bits per heavy atom. The first kappa shape index (κ1) is 13.7. The molecule has 0 aliphatic carbocycles. The normalized spacial score (nSPS) is 11.0. The summed E-state index contributed by atoms with van der Waals surface area (Å²) in [6.07, 6.45) is 2.80. The van der Waals surface area contributed by atoms with Crippen molar-refractivity contribution < 1.29 is 14.3 Å². The maximum atomic E-state index is 11.3. The fourth-order valence-corrected chi connectivity index (χ4v) is 2.47. The van der Waals surface area contributed by atoms with Gasteiger partial charge >= 0.3 is 12.2 Å². The second kappa shape index (κ2) is 5.61. The van der Waals surface area contributed by atoms with Crippen LogP contribution in [0.25, 0.3) is 21.9 Å². The predicted molar refractivity (Wildman–Crippen MR) is 80.8 cm³/mol. The third kappa shape index (κ3) is 2.64. The molecule has 0 radical (unpaired) electrons. The molecule has 0 spiro atoms. The molecule has 3 aromatic rings. The van der Waals surface area contributed by atoms with E-state index in [0.29, 0.717) is 0 Å². The van der Waals surface area contributed by atoms with E-state index in [9.17, 15) is 4.79 Å². The van der Waals surface area contributed by atoms with Gasteiger partial charge < -0.3 is 14.5 Å². The van der Waals surface area contributed by atoms with Crippen LogP contribution < -0.4 is 4.74 Å². The molecule has 2 aromatic heterocycles. The quantitative estimate of drug-likeness (QED) is 0.590. The van der Waals surface area contributed by atoms with Crippen LogP contribution in [0.5, 0.6) is 6.01 Å². The van der Waals surface area contributed by atoms with E-state index in [1.165, 1.54) is 0 Å². The molecule has 1 N–H and O–H groups in total. The highest BCUT2D eigenvalue weighted by molar-refractivity contribution is 7.98. The number of fused-ring (bicyclic) bond motifs is 3. The zero-order valence-corrected chi connectivity index (χ0v) is 12.4. The van der Waals surface area contributed by atoms with Gasteiger partial charge in [-0.2, -0.15) is 4.98 Å². The first-order valence-electron chi connectivity index (χ1n) is 6.38. The molecule has 0 bridgehead atoms. The van der Waals surface area contributed by atoms with Crippen LogP contribution in [0, 0.1) is 0 Å². The highest BCUT2D eigenvalue weighted by Gasteiger charge is 2.12. The fraction of sp³-hybridized carbons (Fsp3) is 0.214. The van der Waals surface area contributed by atoms with Gasteiger partial charge in [0.05, 0.1) is 18.3 Å². The van der Waals surface area contributed by atoms with Crippen molar-refractivity contribution in [3.05, 3.63) is 24.4 Å². The summed E-state index contributed by atoms with van der Waals surface area (Å²) < 4.78 is 9.65. The topological polar surface area (TPSA) is 77.1 Å². The summed E-state index contributed by atoms with van der Waals surface area (Å²) in [5.41, 5.74) is 2.47. The van der Waals surface area contributed by atoms with Crippen molar-refractivity contribution in [3.63, 3.8) is 0 Å². The van der Waals surface area contributed by atoms with E-state index in [1.807, 2.05) is 24.5 Å². The Balaban J connectivity index is 2.06. The van der Waals surface area contributed by atoms with Gasteiger partial charge in [0.15, 0.2) is 0 Å². The maximum Gasteiger partial charge on any atom is 0.516 e. The number of aromatic amines is 1. The van der Waals surface area contributed by atoms with Gasteiger partial charge in [-0.05, 0) is 31.4 Å². The van der Waals surface area contributed by atoms with Crippen LogP contribution in [-0.2, 0) is 4.74 Å². The SMILES string of the molecule is CCOC(=O)Oc1ncc2[nH]c3ccc(SC)cc3c2n1. The van der Waals surface area contributed by atoms with Crippen molar-refractivity contribution >= 4 is 39.9 Å². The zero-order chi connectivity index (χ0) is 14.8. The van der Waals surface area contributed by atoms with E-state index in [2.05, 4.69) is 15.0 Å². The second-order valence-electron chi connectivity index (χ2n) is 4.24. The molecule has 2 heterocycles. The van der Waals surface area contributed by atoms with Crippen LogP contribution in [0.1, 0.15) is 6.92 Å². The average Bonchev–Trinajstić information content (AvgIpc) is 2.84. The Hall–Kier alpha value is -2.28. The molecule has 7 heteroatoms. The third-order valence-corrected chi connectivity index (χ3v) is 3.68. The summed E-state index contributed by atoms with van der Waals surface area (Å²) in [6, 6.07) is 6.05. The highest BCUT2D eigenvalue weighted by Crippen LogP contribution is 2.28. The van der Waals surface area contributed by atoms with Gasteiger partial charge in [0, 0.05) is 15.8 Å². The molecule has 1 aromatic carbocycles. The molecule has 0 aliphatic heterocycles. The number of rotatable bonds is 3. The molecule has 0 saturated heterocycles. The number of ether oxygens (including phenoxy) is 2. The Labute approximate surface area is 124 Å². The number of hydrogen-bond donors (Lipinski definition) is 1. The lowest BCUT2D eigenvalue weighted by molar-refractivity contribution is 0.101. The van der Waals surface area contributed by atoms with Gasteiger partial charge in [0.1, 0.15) is 5.52 Å². The van der Waals surface area contributed by atoms with Gasteiger partial charge in [0.25, 0.3) is 0 Å². The summed E-state index contributed by atoms with van der Waals surface area (Å²) in [6.45, 7) is 1.94. The number of thioether (sulfide) groups is 1. The van der Waals surface area contributed by atoms with E-state index in [1.54, 1.807) is 24.9 Å². The minimum atomic E-state index is -0.804. The second-order valence-corrected chi connectivity index (χ2v) is 5.12. The molecule has 21 heavy (non-hydrogen) atoms. The minimum Gasteiger partial charge on any atom is -0.434 e. The number of benzene rings is 1. The molecule has 3 rings (SSSR count). The van der Waals surface area contributed by atoms with Crippen LogP contribution >= 0.6 is 11.8 Å². The fourth-order valence-electron chi connectivity index (χ4n) is 2.03. The number of nitrogens with zero attached hydrogens (tertiary/aromatic N) is 2. The van der Waals surface area contributed by atoms with E-state index in [4.69, 9.17) is 9.47 Å². The monoisotopic (exact) mass is 303 g/mol. The number of hydrogen-bond acceptors (Lipinski definition) is 6. The summed E-state index contributed by atoms with van der Waals surface area (Å²) >= 11 is 1.65. The number of carbonyl (C=O) groups excluding carboxylic acids is 1. The summed E-state index contributed by atoms with van der Waals surface area (Å²) in [7, 11) is 0. The van der Waals surface area contributed by atoms with Crippen molar-refractivity contribution in [2.24, 2.45) is 0 Å². The lowest BCUT2D eigenvalue weighted by Crippen LogP contribution is -2.11. The minimum absolute atomic E-state index is 0.0172. The van der Waals surface area contributed by atoms with Crippen LogP contribution in [0.2, 0.25) is 0 Å². The molecule has 0 unspecified atom stereocenters. The first-order chi connectivity index (χ1) is 10.2. The van der Waals surface area contributed by atoms with Crippen LogP contribution in [0.4, 0.5) is 4.79 Å². The molecule has 0 aliphatic rings. The molecule has 108 valence electrons. The average molecular weight is 303 g/mol. The van der Waals surface area contributed by atoms with Crippen molar-refractivity contribution in [1.29, 1.82) is 0 Å². The number of nitrogens with one attached hydrogen (secondary N) is 1. The van der Waals surface area contributed by atoms with E-state index >= 15 is 0 Å². The number of aromatic nitrogens is 3. The molecule has 0 saturated carbocycles. The van der Waals surface area contributed by atoms with Crippen molar-refractivity contribution in [2.45, 2.75) is 11.8 Å². The zero-order valence-electron chi connectivity index (χ0n) is 11.5. The Morgan fingerprint density at radius 1 is 1.38 bits per heavy atom. The molecule has 0 atom stereocenters. The number of carbonyl (C=O) groups is 1. The lowest BCUT2D eigenvalue weighted by atomic mass is 10.2. The van der Waals surface area contributed by atoms with Crippen LogP contribution in [0.3, 0.4) is 0 Å². The molecular formula is C14H13N3O3S. The van der Waals surface area contributed by atoms with Gasteiger partial charge in [-0.25, -0.2) is 9.78 Å². The smallest absolute Gasteiger partial charge is 0.434 e. The van der Waals surface area contributed by atoms with Gasteiger partial charge in [-0.3, -0.25) is 0 Å². The van der Waals surface area contributed by atoms with Gasteiger partial charge in [-0.1, -0.05) is 0 Å². The third-order valence-electron chi connectivity index (χ3n) is 2.95. The van der Waals surface area contributed by atoms with Gasteiger partial charge in [-0.15, -0.1) is 11.8 Å². The Bertz CT molecular complexity index is 816. The number of H-pyrrole nitrogens is 1. The summed E-state index contributed by atoms with van der Waals surface area (Å²) in [5.74, 6) is 0. The van der Waals surface area contributed by atoms with E-state index < -0.39 is 6.16 Å². The molecule has 6 nitrogen and oxygen atoms in total. The van der Waals surface area contributed by atoms with E-state index in [-0.39, 0.29) is 12.6 Å². The van der Waals surface area contributed by atoms with Gasteiger partial charge in [0.2, 0.25) is 0 Å².